The highest BCUT2D eigenvalue weighted by Crippen LogP contribution is 2.20. The Bertz CT molecular complexity index is 268. The molecule has 4 nitrogen and oxygen atoms in total. The third-order valence-electron chi connectivity index (χ3n) is 1.19. The zero-order valence-corrected chi connectivity index (χ0v) is 8.82. The number of aromatic nitrogens is 1. The lowest BCUT2D eigenvalue weighted by Gasteiger charge is -1.98. The topological polar surface area (TPSA) is 48.4 Å². The van der Waals surface area contributed by atoms with Gasteiger partial charge in [-0.2, -0.15) is 0 Å². The Morgan fingerprint density at radius 2 is 2.36 bits per heavy atom. The quantitative estimate of drug-likeness (QED) is 0.726. The van der Waals surface area contributed by atoms with Gasteiger partial charge in [0.2, 0.25) is 0 Å². The Hall–Kier alpha value is -1.29. The van der Waals surface area contributed by atoms with Crippen LogP contribution in [0, 0.1) is 0 Å². The second-order valence-corrected chi connectivity index (χ2v) is 2.47. The molecule has 0 bridgehead atoms. The van der Waals surface area contributed by atoms with Crippen LogP contribution in [0.25, 0.3) is 0 Å². The number of carbonyl (C=O) groups is 1. The van der Waals surface area contributed by atoms with Gasteiger partial charge in [0.15, 0.2) is 0 Å². The predicted molar refractivity (Wildman–Crippen MR) is 53.5 cm³/mol. The molecule has 0 aliphatic rings. The van der Waals surface area contributed by atoms with Crippen LogP contribution < -0.4 is 4.74 Å². The Labute approximate surface area is 87.8 Å². The molecule has 1 aromatic rings. The van der Waals surface area contributed by atoms with Gasteiger partial charge in [0.25, 0.3) is 6.47 Å². The van der Waals surface area contributed by atoms with E-state index in [9.17, 15) is 4.79 Å². The molecule has 1 aromatic heterocycles. The van der Waals surface area contributed by atoms with Gasteiger partial charge in [0.05, 0.1) is 13.7 Å². The first-order chi connectivity index (χ1) is 6.76. The van der Waals surface area contributed by atoms with E-state index >= 15 is 0 Å². The zero-order valence-electron chi connectivity index (χ0n) is 8.07. The Kier molecular flexibility index (Phi) is 7.55. The first-order valence-electron chi connectivity index (χ1n) is 3.95. The first-order valence-corrected chi connectivity index (χ1v) is 4.32. The van der Waals surface area contributed by atoms with E-state index in [1.165, 1.54) is 0 Å². The first kappa shape index (κ1) is 12.7. The molecule has 0 aliphatic carbocycles. The van der Waals surface area contributed by atoms with Crippen molar-refractivity contribution in [3.8, 4) is 5.75 Å². The van der Waals surface area contributed by atoms with Crippen molar-refractivity contribution in [1.29, 1.82) is 0 Å². The zero-order chi connectivity index (χ0) is 10.8. The lowest BCUT2D eigenvalue weighted by Crippen LogP contribution is -1.83. The molecule has 0 saturated heterocycles. The predicted octanol–water partition coefficient (Wildman–Crippen LogP) is 1.92. The lowest BCUT2D eigenvalue weighted by molar-refractivity contribution is -0.128. The smallest absolute Gasteiger partial charge is 0.293 e. The summed E-state index contributed by atoms with van der Waals surface area (Å²) in [7, 11) is 1.57. The summed E-state index contributed by atoms with van der Waals surface area (Å²) in [5.41, 5.74) is 0. The van der Waals surface area contributed by atoms with E-state index in [1.807, 2.05) is 0 Å². The average Bonchev–Trinajstić information content (AvgIpc) is 2.21. The molecule has 0 N–H and O–H groups in total. The molecule has 5 heteroatoms. The maximum absolute atomic E-state index is 9.18. The molecule has 1 heterocycles. The van der Waals surface area contributed by atoms with Crippen LogP contribution in [0.1, 0.15) is 6.92 Å². The van der Waals surface area contributed by atoms with Crippen molar-refractivity contribution in [2.75, 3.05) is 13.7 Å². The minimum absolute atomic E-state index is 0.431. The Morgan fingerprint density at radius 1 is 1.64 bits per heavy atom. The maximum Gasteiger partial charge on any atom is 0.293 e. The van der Waals surface area contributed by atoms with Crippen LogP contribution in [0.5, 0.6) is 5.75 Å². The van der Waals surface area contributed by atoms with Gasteiger partial charge in [-0.05, 0) is 13.0 Å². The molecular formula is C9H12ClNO3. The van der Waals surface area contributed by atoms with Gasteiger partial charge in [-0.15, -0.1) is 0 Å². The van der Waals surface area contributed by atoms with E-state index in [-0.39, 0.29) is 0 Å². The highest BCUT2D eigenvalue weighted by atomic mass is 35.5. The molecule has 0 aliphatic heterocycles. The molecule has 78 valence electrons. The molecule has 0 unspecified atom stereocenters. The highest BCUT2D eigenvalue weighted by Gasteiger charge is 1.94. The van der Waals surface area contributed by atoms with Crippen molar-refractivity contribution >= 4 is 18.1 Å². The number of halogens is 1. The van der Waals surface area contributed by atoms with Crippen LogP contribution in [-0.4, -0.2) is 25.2 Å². The summed E-state index contributed by atoms with van der Waals surface area (Å²) in [6, 6.07) is 1.71. The number of pyridine rings is 1. The van der Waals surface area contributed by atoms with Gasteiger partial charge in [-0.3, -0.25) is 9.78 Å². The SMILES string of the molecule is CCOC=O.COc1ccncc1Cl. The number of methoxy groups -OCH3 is 1. The lowest BCUT2D eigenvalue weighted by atomic mass is 10.4. The van der Waals surface area contributed by atoms with Crippen molar-refractivity contribution in [2.24, 2.45) is 0 Å². The summed E-state index contributed by atoms with van der Waals surface area (Å²) in [6.45, 7) is 2.66. The second kappa shape index (κ2) is 8.31. The molecule has 0 amide bonds. The Balaban J connectivity index is 0.000000292. The van der Waals surface area contributed by atoms with Crippen molar-refractivity contribution in [2.45, 2.75) is 6.92 Å². The van der Waals surface area contributed by atoms with Crippen LogP contribution in [0.2, 0.25) is 5.02 Å². The third-order valence-corrected chi connectivity index (χ3v) is 1.47. The fraction of sp³-hybridized carbons (Fsp3) is 0.333. The summed E-state index contributed by atoms with van der Waals surface area (Å²) in [4.78, 5) is 13.0. The molecule has 0 saturated carbocycles. The monoisotopic (exact) mass is 217 g/mol. The van der Waals surface area contributed by atoms with Gasteiger partial charge < -0.3 is 9.47 Å². The van der Waals surface area contributed by atoms with Crippen LogP contribution in [-0.2, 0) is 9.53 Å². The number of rotatable bonds is 3. The van der Waals surface area contributed by atoms with E-state index in [4.69, 9.17) is 16.3 Å². The fourth-order valence-electron chi connectivity index (χ4n) is 0.596. The van der Waals surface area contributed by atoms with Gasteiger partial charge in [0.1, 0.15) is 10.8 Å². The molecule has 0 atom stereocenters. The van der Waals surface area contributed by atoms with Crippen molar-refractivity contribution in [1.82, 2.24) is 4.98 Å². The number of carbonyl (C=O) groups excluding carboxylic acids is 1. The number of nitrogens with zero attached hydrogens (tertiary/aromatic N) is 1. The Morgan fingerprint density at radius 3 is 2.64 bits per heavy atom. The average molecular weight is 218 g/mol. The molecule has 14 heavy (non-hydrogen) atoms. The van der Waals surface area contributed by atoms with Gasteiger partial charge >= 0.3 is 0 Å². The maximum atomic E-state index is 9.18. The summed E-state index contributed by atoms with van der Waals surface area (Å²) in [5.74, 6) is 0.659. The minimum atomic E-state index is 0.431. The molecular weight excluding hydrogens is 206 g/mol. The van der Waals surface area contributed by atoms with E-state index in [2.05, 4.69) is 9.72 Å². The molecule has 0 spiro atoms. The van der Waals surface area contributed by atoms with Crippen LogP contribution >= 0.6 is 11.6 Å². The van der Waals surface area contributed by atoms with Crippen LogP contribution in [0.3, 0.4) is 0 Å². The summed E-state index contributed by atoms with van der Waals surface area (Å²) in [5, 5.41) is 0.542. The summed E-state index contributed by atoms with van der Waals surface area (Å²) < 4.78 is 9.03. The highest BCUT2D eigenvalue weighted by molar-refractivity contribution is 6.31. The van der Waals surface area contributed by atoms with E-state index < -0.39 is 0 Å². The van der Waals surface area contributed by atoms with Gasteiger partial charge in [0, 0.05) is 12.4 Å². The van der Waals surface area contributed by atoms with Crippen LogP contribution in [0.4, 0.5) is 0 Å². The normalized spacial score (nSPS) is 8.21. The van der Waals surface area contributed by atoms with Crippen LogP contribution in [0.15, 0.2) is 18.5 Å². The van der Waals surface area contributed by atoms with E-state index in [0.717, 1.165) is 0 Å². The largest absolute Gasteiger partial charge is 0.495 e. The third kappa shape index (κ3) is 5.37. The van der Waals surface area contributed by atoms with E-state index in [0.29, 0.717) is 23.9 Å². The molecule has 0 aromatic carbocycles. The minimum Gasteiger partial charge on any atom is -0.495 e. The standard InChI is InChI=1S/C6H6ClNO.C3H6O2/c1-9-6-2-3-8-4-5(6)7;1-2-5-3-4/h2-4H,1H3;3H,2H2,1H3. The van der Waals surface area contributed by atoms with Gasteiger partial charge in [-0.1, -0.05) is 11.6 Å². The number of hydrogen-bond acceptors (Lipinski definition) is 4. The number of hydrogen-bond donors (Lipinski definition) is 0. The van der Waals surface area contributed by atoms with Gasteiger partial charge in [-0.25, -0.2) is 0 Å². The molecule has 0 fully saturated rings. The van der Waals surface area contributed by atoms with Crippen molar-refractivity contribution in [3.05, 3.63) is 23.5 Å². The molecule has 1 rings (SSSR count). The van der Waals surface area contributed by atoms with E-state index in [1.54, 1.807) is 32.5 Å². The number of ether oxygens (including phenoxy) is 2. The molecule has 0 radical (unpaired) electrons. The summed E-state index contributed by atoms with van der Waals surface area (Å²) in [6.07, 6.45) is 3.17. The second-order valence-electron chi connectivity index (χ2n) is 2.06. The van der Waals surface area contributed by atoms with Crippen molar-refractivity contribution in [3.63, 3.8) is 0 Å². The van der Waals surface area contributed by atoms with Crippen molar-refractivity contribution < 1.29 is 14.3 Å². The summed E-state index contributed by atoms with van der Waals surface area (Å²) >= 11 is 5.64. The fourth-order valence-corrected chi connectivity index (χ4v) is 0.793.